The number of hydrogen-bond acceptors (Lipinski definition) is 4. The molecule has 1 saturated carbocycles. The van der Waals surface area contributed by atoms with E-state index in [-0.39, 0.29) is 41.2 Å². The van der Waals surface area contributed by atoms with Crippen molar-refractivity contribution in [2.24, 2.45) is 28.0 Å². The van der Waals surface area contributed by atoms with E-state index in [2.05, 4.69) is 60.6 Å². The SMILES string of the molecule is CCNC(=NCc1cccc(CN2CCCC(C(N)=O)C2)c1)NC1C2CCOC2C1(C)C.I. The highest BCUT2D eigenvalue weighted by molar-refractivity contribution is 14.0. The summed E-state index contributed by atoms with van der Waals surface area (Å²) in [4.78, 5) is 18.8. The van der Waals surface area contributed by atoms with Gasteiger partial charge in [0.1, 0.15) is 0 Å². The number of benzene rings is 1. The normalized spacial score (nSPS) is 28.9. The number of ether oxygens (including phenoxy) is 1. The van der Waals surface area contributed by atoms with Gasteiger partial charge in [-0.2, -0.15) is 0 Å². The largest absolute Gasteiger partial charge is 0.377 e. The van der Waals surface area contributed by atoms with Gasteiger partial charge in [-0.15, -0.1) is 24.0 Å². The minimum absolute atomic E-state index is 0. The summed E-state index contributed by atoms with van der Waals surface area (Å²) in [6.07, 6.45) is 3.43. The molecular formula is C25H40IN5O2. The molecule has 8 heteroatoms. The van der Waals surface area contributed by atoms with Crippen LogP contribution >= 0.6 is 24.0 Å². The van der Waals surface area contributed by atoms with Crippen LogP contribution in [0.3, 0.4) is 0 Å². The lowest BCUT2D eigenvalue weighted by molar-refractivity contribution is -0.123. The molecule has 4 rings (SSSR count). The highest BCUT2D eigenvalue weighted by atomic mass is 127. The maximum Gasteiger partial charge on any atom is 0.221 e. The van der Waals surface area contributed by atoms with Crippen LogP contribution in [0.4, 0.5) is 0 Å². The van der Waals surface area contributed by atoms with Crippen molar-refractivity contribution in [2.75, 3.05) is 26.2 Å². The zero-order valence-electron chi connectivity index (χ0n) is 20.2. The second-order valence-corrected chi connectivity index (χ2v) is 10.2. The lowest BCUT2D eigenvalue weighted by atomic mass is 9.57. The van der Waals surface area contributed by atoms with Crippen molar-refractivity contribution in [3.8, 4) is 0 Å². The fourth-order valence-corrected chi connectivity index (χ4v) is 5.77. The molecule has 1 aromatic rings. The summed E-state index contributed by atoms with van der Waals surface area (Å²) >= 11 is 0. The highest BCUT2D eigenvalue weighted by Gasteiger charge is 2.59. The van der Waals surface area contributed by atoms with Gasteiger partial charge in [-0.3, -0.25) is 9.69 Å². The van der Waals surface area contributed by atoms with E-state index in [4.69, 9.17) is 15.5 Å². The minimum Gasteiger partial charge on any atom is -0.377 e. The molecule has 2 aliphatic heterocycles. The standard InChI is InChI=1S/C25H39N5O2.HI/c1-4-27-24(29-21-20-10-12-32-22(20)25(21,2)3)28-14-17-7-5-8-18(13-17)15-30-11-6-9-19(16-30)23(26)31;/h5,7-8,13,19-22H,4,6,9-12,14-16H2,1-3H3,(H2,26,31)(H2,27,28,29);1H. The Morgan fingerprint density at radius 3 is 2.85 bits per heavy atom. The first-order chi connectivity index (χ1) is 15.4. The quantitative estimate of drug-likeness (QED) is 0.267. The maximum atomic E-state index is 11.6. The van der Waals surface area contributed by atoms with Gasteiger partial charge in [-0.1, -0.05) is 38.1 Å². The van der Waals surface area contributed by atoms with Crippen LogP contribution in [0.15, 0.2) is 29.3 Å². The van der Waals surface area contributed by atoms with Crippen LogP contribution in [0.2, 0.25) is 0 Å². The molecule has 1 aromatic carbocycles. The van der Waals surface area contributed by atoms with Crippen LogP contribution in [0, 0.1) is 17.3 Å². The molecule has 1 amide bonds. The van der Waals surface area contributed by atoms with Crippen LogP contribution in [-0.4, -0.2) is 55.2 Å². The highest BCUT2D eigenvalue weighted by Crippen LogP contribution is 2.52. The fourth-order valence-electron chi connectivity index (χ4n) is 5.77. The number of nitrogens with two attached hydrogens (primary N) is 1. The minimum atomic E-state index is -0.175. The number of guanidine groups is 1. The summed E-state index contributed by atoms with van der Waals surface area (Å²) in [5.74, 6) is 1.25. The molecule has 3 fully saturated rings. The van der Waals surface area contributed by atoms with Crippen LogP contribution in [-0.2, 0) is 22.6 Å². The summed E-state index contributed by atoms with van der Waals surface area (Å²) in [5.41, 5.74) is 8.10. The van der Waals surface area contributed by atoms with Crippen molar-refractivity contribution < 1.29 is 9.53 Å². The summed E-state index contributed by atoms with van der Waals surface area (Å²) in [5, 5.41) is 7.10. The van der Waals surface area contributed by atoms with Crippen LogP contribution in [0.25, 0.3) is 0 Å². The van der Waals surface area contributed by atoms with Crippen LogP contribution < -0.4 is 16.4 Å². The lowest BCUT2D eigenvalue weighted by Gasteiger charge is -2.54. The molecule has 4 unspecified atom stereocenters. The van der Waals surface area contributed by atoms with Gasteiger partial charge in [0.2, 0.25) is 5.91 Å². The Hall–Kier alpha value is -1.39. The lowest BCUT2D eigenvalue weighted by Crippen LogP contribution is -2.67. The predicted octanol–water partition coefficient (Wildman–Crippen LogP) is 2.87. The van der Waals surface area contributed by atoms with Gasteiger partial charge >= 0.3 is 0 Å². The predicted molar refractivity (Wildman–Crippen MR) is 142 cm³/mol. The number of nitrogens with zero attached hydrogens (tertiary/aromatic N) is 2. The molecular weight excluding hydrogens is 529 g/mol. The van der Waals surface area contributed by atoms with Gasteiger partial charge in [0.15, 0.2) is 5.96 Å². The zero-order chi connectivity index (χ0) is 22.7. The summed E-state index contributed by atoms with van der Waals surface area (Å²) in [6.45, 7) is 11.6. The summed E-state index contributed by atoms with van der Waals surface area (Å²) in [7, 11) is 0. The Morgan fingerprint density at radius 2 is 2.09 bits per heavy atom. The van der Waals surface area contributed by atoms with Gasteiger partial charge < -0.3 is 21.1 Å². The van der Waals surface area contributed by atoms with Crippen LogP contribution in [0.5, 0.6) is 0 Å². The van der Waals surface area contributed by atoms with E-state index in [1.54, 1.807) is 0 Å². The molecule has 7 nitrogen and oxygen atoms in total. The Bertz CT molecular complexity index is 846. The van der Waals surface area contributed by atoms with Gasteiger partial charge in [-0.25, -0.2) is 4.99 Å². The second kappa shape index (κ2) is 11.4. The number of fused-ring (bicyclic) bond motifs is 1. The molecule has 0 spiro atoms. The first-order valence-electron chi connectivity index (χ1n) is 12.1. The van der Waals surface area contributed by atoms with Crippen molar-refractivity contribution in [3.63, 3.8) is 0 Å². The van der Waals surface area contributed by atoms with Crippen LogP contribution in [0.1, 0.15) is 51.2 Å². The number of rotatable bonds is 7. The third kappa shape index (κ3) is 6.00. The zero-order valence-corrected chi connectivity index (χ0v) is 22.5. The number of nitrogens with one attached hydrogen (secondary N) is 2. The third-order valence-electron chi connectivity index (χ3n) is 7.46. The molecule has 0 radical (unpaired) electrons. The monoisotopic (exact) mass is 569 g/mol. The second-order valence-electron chi connectivity index (χ2n) is 10.2. The Balaban J connectivity index is 0.00000306. The molecule has 4 atom stereocenters. The number of amides is 1. The third-order valence-corrected chi connectivity index (χ3v) is 7.46. The smallest absolute Gasteiger partial charge is 0.221 e. The number of likely N-dealkylation sites (tertiary alicyclic amines) is 1. The number of hydrogen-bond donors (Lipinski definition) is 3. The van der Waals surface area contributed by atoms with Crippen molar-refractivity contribution in [3.05, 3.63) is 35.4 Å². The van der Waals surface area contributed by atoms with Gasteiger partial charge in [0.05, 0.1) is 18.6 Å². The first-order valence-corrected chi connectivity index (χ1v) is 12.1. The molecule has 33 heavy (non-hydrogen) atoms. The molecule has 0 bridgehead atoms. The Morgan fingerprint density at radius 1 is 1.30 bits per heavy atom. The summed E-state index contributed by atoms with van der Waals surface area (Å²) < 4.78 is 5.93. The van der Waals surface area contributed by atoms with E-state index in [9.17, 15) is 4.79 Å². The first kappa shape index (κ1) is 26.2. The summed E-state index contributed by atoms with van der Waals surface area (Å²) in [6, 6.07) is 9.01. The van der Waals surface area contributed by atoms with E-state index >= 15 is 0 Å². The molecule has 2 heterocycles. The molecule has 0 aromatic heterocycles. The number of carbonyl (C=O) groups excluding carboxylic acids is 1. The molecule has 2 saturated heterocycles. The van der Waals surface area contributed by atoms with Crippen molar-refractivity contribution in [1.82, 2.24) is 15.5 Å². The number of halogens is 1. The molecule has 184 valence electrons. The number of piperidine rings is 1. The Labute approximate surface area is 215 Å². The number of carbonyl (C=O) groups is 1. The van der Waals surface area contributed by atoms with Crippen molar-refractivity contribution in [2.45, 2.75) is 65.3 Å². The van der Waals surface area contributed by atoms with Gasteiger partial charge in [0.25, 0.3) is 0 Å². The van der Waals surface area contributed by atoms with Crippen molar-refractivity contribution >= 4 is 35.8 Å². The van der Waals surface area contributed by atoms with E-state index < -0.39 is 0 Å². The van der Waals surface area contributed by atoms with E-state index in [1.807, 2.05) is 0 Å². The Kier molecular flexibility index (Phi) is 9.02. The maximum absolute atomic E-state index is 11.6. The number of primary amides is 1. The number of aliphatic imine (C=N–C) groups is 1. The average Bonchev–Trinajstić information content (AvgIpc) is 3.23. The van der Waals surface area contributed by atoms with E-state index in [1.165, 1.54) is 11.1 Å². The van der Waals surface area contributed by atoms with Gasteiger partial charge in [-0.05, 0) is 43.9 Å². The van der Waals surface area contributed by atoms with Crippen molar-refractivity contribution in [1.29, 1.82) is 0 Å². The molecule has 4 N–H and O–H groups in total. The topological polar surface area (TPSA) is 92.0 Å². The molecule has 1 aliphatic carbocycles. The van der Waals surface area contributed by atoms with E-state index in [0.29, 0.717) is 24.6 Å². The average molecular weight is 570 g/mol. The van der Waals surface area contributed by atoms with Gasteiger partial charge in [0, 0.05) is 43.6 Å². The van der Waals surface area contributed by atoms with E-state index in [0.717, 1.165) is 58.0 Å². The fraction of sp³-hybridized carbons (Fsp3) is 0.680. The molecule has 3 aliphatic rings.